The zero-order valence-corrected chi connectivity index (χ0v) is 12.6. The number of nitrogens with one attached hydrogen (secondary N) is 2. The zero-order chi connectivity index (χ0) is 15.2. The van der Waals surface area contributed by atoms with E-state index in [1.807, 2.05) is 0 Å². The molecule has 1 amide bonds. The molecule has 112 valence electrons. The third-order valence-electron chi connectivity index (χ3n) is 2.05. The number of aromatic nitrogens is 1. The average molecular weight is 321 g/mol. The Bertz CT molecular complexity index is 581. The number of hydrogen-bond donors (Lipinski definition) is 2. The Morgan fingerprint density at radius 2 is 2.15 bits per heavy atom. The molecular formula is C10H15N3O5S2. The van der Waals surface area contributed by atoms with Crippen LogP contribution in [-0.4, -0.2) is 45.2 Å². The minimum atomic E-state index is -3.37. The molecule has 2 N–H and O–H groups in total. The summed E-state index contributed by atoms with van der Waals surface area (Å²) in [5.74, 6) is -0.705. The van der Waals surface area contributed by atoms with E-state index in [4.69, 9.17) is 0 Å². The topological polar surface area (TPSA) is 114 Å². The maximum atomic E-state index is 11.5. The highest BCUT2D eigenvalue weighted by Gasteiger charge is 2.10. The van der Waals surface area contributed by atoms with Crippen LogP contribution >= 0.6 is 11.3 Å². The van der Waals surface area contributed by atoms with Gasteiger partial charge >= 0.3 is 5.97 Å². The maximum Gasteiger partial charge on any atom is 0.307 e. The van der Waals surface area contributed by atoms with Crippen LogP contribution in [0.25, 0.3) is 0 Å². The van der Waals surface area contributed by atoms with Gasteiger partial charge in [-0.25, -0.2) is 13.4 Å². The molecule has 0 saturated carbocycles. The van der Waals surface area contributed by atoms with Gasteiger partial charge in [-0.1, -0.05) is 0 Å². The molecule has 0 radical (unpaired) electrons. The quantitative estimate of drug-likeness (QED) is 0.669. The van der Waals surface area contributed by atoms with E-state index in [1.54, 1.807) is 5.38 Å². The van der Waals surface area contributed by atoms with Crippen LogP contribution in [0.4, 0.5) is 5.13 Å². The van der Waals surface area contributed by atoms with Crippen LogP contribution in [0.5, 0.6) is 0 Å². The third kappa shape index (κ3) is 6.48. The molecule has 0 aliphatic heterocycles. The number of nitrogens with zero attached hydrogens (tertiary/aromatic N) is 1. The number of hydrogen-bond acceptors (Lipinski definition) is 7. The highest BCUT2D eigenvalue weighted by atomic mass is 32.2. The van der Waals surface area contributed by atoms with Crippen molar-refractivity contribution in [3.05, 3.63) is 11.1 Å². The van der Waals surface area contributed by atoms with Gasteiger partial charge in [-0.2, -0.15) is 0 Å². The average Bonchev–Trinajstić information content (AvgIpc) is 2.73. The van der Waals surface area contributed by atoms with Gasteiger partial charge < -0.3 is 10.1 Å². The summed E-state index contributed by atoms with van der Waals surface area (Å²) >= 11 is 1.10. The number of carbonyl (C=O) groups is 2. The van der Waals surface area contributed by atoms with E-state index < -0.39 is 16.0 Å². The number of ether oxygens (including phenoxy) is 1. The summed E-state index contributed by atoms with van der Waals surface area (Å²) in [6, 6.07) is 0. The van der Waals surface area contributed by atoms with Crippen molar-refractivity contribution >= 4 is 38.4 Å². The van der Waals surface area contributed by atoms with E-state index in [9.17, 15) is 18.0 Å². The first-order valence-corrected chi connectivity index (χ1v) is 8.33. The molecule has 1 rings (SSSR count). The van der Waals surface area contributed by atoms with Crippen LogP contribution in [-0.2, 0) is 30.8 Å². The summed E-state index contributed by atoms with van der Waals surface area (Å²) in [7, 11) is -2.10. The van der Waals surface area contributed by atoms with Crippen LogP contribution in [0, 0.1) is 0 Å². The van der Waals surface area contributed by atoms with Crippen molar-refractivity contribution in [3.8, 4) is 0 Å². The van der Waals surface area contributed by atoms with E-state index in [-0.39, 0.29) is 30.4 Å². The number of carbonyl (C=O) groups excluding carboxylic acids is 2. The number of methoxy groups -OCH3 is 1. The van der Waals surface area contributed by atoms with Crippen molar-refractivity contribution in [1.82, 2.24) is 10.3 Å². The molecular weight excluding hydrogens is 306 g/mol. The van der Waals surface area contributed by atoms with Gasteiger partial charge in [0.15, 0.2) is 5.13 Å². The minimum Gasteiger partial charge on any atom is -0.469 e. The smallest absolute Gasteiger partial charge is 0.307 e. The lowest BCUT2D eigenvalue weighted by molar-refractivity contribution is -0.140. The third-order valence-corrected chi connectivity index (χ3v) is 3.54. The molecule has 0 saturated heterocycles. The van der Waals surface area contributed by atoms with Gasteiger partial charge in [0.2, 0.25) is 15.9 Å². The van der Waals surface area contributed by atoms with E-state index in [0.717, 1.165) is 17.6 Å². The van der Waals surface area contributed by atoms with Crippen molar-refractivity contribution in [2.24, 2.45) is 0 Å². The Kier molecular flexibility index (Phi) is 5.89. The van der Waals surface area contributed by atoms with Crippen LogP contribution < -0.4 is 10.0 Å². The molecule has 1 aromatic heterocycles. The molecule has 0 unspecified atom stereocenters. The first kappa shape index (κ1) is 16.4. The second kappa shape index (κ2) is 7.20. The second-order valence-electron chi connectivity index (χ2n) is 3.87. The molecule has 0 spiro atoms. The first-order valence-electron chi connectivity index (χ1n) is 5.56. The highest BCUT2D eigenvalue weighted by molar-refractivity contribution is 7.92. The standard InChI is InChI=1S/C10H15N3O5S2/c1-18-9(15)3-4-11-8(14)5-7-6-19-10(12-7)13-20(2,16)17/h6H,3-5H2,1-2H3,(H,11,14)(H,12,13). The largest absolute Gasteiger partial charge is 0.469 e. The second-order valence-corrected chi connectivity index (χ2v) is 6.48. The van der Waals surface area contributed by atoms with Gasteiger partial charge in [0.05, 0.1) is 31.9 Å². The zero-order valence-electron chi connectivity index (χ0n) is 11.0. The molecule has 0 aliphatic carbocycles. The Morgan fingerprint density at radius 3 is 2.75 bits per heavy atom. The van der Waals surface area contributed by atoms with Crippen LogP contribution in [0.2, 0.25) is 0 Å². The molecule has 8 nitrogen and oxygen atoms in total. The first-order chi connectivity index (χ1) is 9.30. The van der Waals surface area contributed by atoms with Gasteiger partial charge in [0.25, 0.3) is 0 Å². The van der Waals surface area contributed by atoms with Crippen LogP contribution in [0.15, 0.2) is 5.38 Å². The summed E-state index contributed by atoms with van der Waals surface area (Å²) < 4.78 is 28.7. The normalized spacial score (nSPS) is 10.9. The van der Waals surface area contributed by atoms with E-state index in [2.05, 4.69) is 19.8 Å². The number of sulfonamides is 1. The number of amides is 1. The predicted molar refractivity (Wildman–Crippen MR) is 73.9 cm³/mol. The van der Waals surface area contributed by atoms with Crippen LogP contribution in [0.3, 0.4) is 0 Å². The fraction of sp³-hybridized carbons (Fsp3) is 0.500. The van der Waals surface area contributed by atoms with Gasteiger partial charge in [-0.05, 0) is 0 Å². The molecule has 0 aliphatic rings. The van der Waals surface area contributed by atoms with Gasteiger partial charge in [-0.3, -0.25) is 14.3 Å². The molecule has 20 heavy (non-hydrogen) atoms. The van der Waals surface area contributed by atoms with Crippen LogP contribution in [0.1, 0.15) is 12.1 Å². The molecule has 0 aromatic carbocycles. The fourth-order valence-electron chi connectivity index (χ4n) is 1.23. The summed E-state index contributed by atoms with van der Waals surface area (Å²) in [5, 5.41) is 4.34. The number of thiazole rings is 1. The monoisotopic (exact) mass is 321 g/mol. The molecule has 1 aromatic rings. The molecule has 10 heteroatoms. The van der Waals surface area contributed by atoms with Crippen molar-refractivity contribution in [1.29, 1.82) is 0 Å². The molecule has 0 atom stereocenters. The van der Waals surface area contributed by atoms with Crippen molar-refractivity contribution in [2.45, 2.75) is 12.8 Å². The van der Waals surface area contributed by atoms with Gasteiger partial charge in [0, 0.05) is 11.9 Å². The Labute approximate surface area is 120 Å². The molecule has 1 heterocycles. The fourth-order valence-corrected chi connectivity index (χ4v) is 2.79. The van der Waals surface area contributed by atoms with Gasteiger partial charge in [0.1, 0.15) is 0 Å². The van der Waals surface area contributed by atoms with Crippen molar-refractivity contribution in [3.63, 3.8) is 0 Å². The number of anilines is 1. The van der Waals surface area contributed by atoms with Crippen molar-refractivity contribution < 1.29 is 22.7 Å². The van der Waals surface area contributed by atoms with E-state index in [0.29, 0.717) is 5.69 Å². The number of rotatable bonds is 7. The Balaban J connectivity index is 2.41. The molecule has 0 bridgehead atoms. The summed E-state index contributed by atoms with van der Waals surface area (Å²) in [6.45, 7) is 0.185. The summed E-state index contributed by atoms with van der Waals surface area (Å²) in [5.41, 5.74) is 0.455. The number of esters is 1. The summed E-state index contributed by atoms with van der Waals surface area (Å²) in [4.78, 5) is 26.3. The van der Waals surface area contributed by atoms with E-state index in [1.165, 1.54) is 7.11 Å². The Morgan fingerprint density at radius 1 is 1.45 bits per heavy atom. The van der Waals surface area contributed by atoms with E-state index >= 15 is 0 Å². The molecule has 0 fully saturated rings. The minimum absolute atomic E-state index is 0.0170. The maximum absolute atomic E-state index is 11.5. The lowest BCUT2D eigenvalue weighted by Gasteiger charge is -2.02. The van der Waals surface area contributed by atoms with Crippen molar-refractivity contribution in [2.75, 3.05) is 24.6 Å². The SMILES string of the molecule is COC(=O)CCNC(=O)Cc1csc(NS(C)(=O)=O)n1. The highest BCUT2D eigenvalue weighted by Crippen LogP contribution is 2.16. The lowest BCUT2D eigenvalue weighted by atomic mass is 10.3. The lowest BCUT2D eigenvalue weighted by Crippen LogP contribution is -2.27. The predicted octanol–water partition coefficient (Wildman–Crippen LogP) is -0.264. The van der Waals surface area contributed by atoms with Gasteiger partial charge in [-0.15, -0.1) is 11.3 Å². The summed E-state index contributed by atoms with van der Waals surface area (Å²) in [6.07, 6.45) is 1.14. The Hall–Kier alpha value is -1.68.